The van der Waals surface area contributed by atoms with Gasteiger partial charge in [0.1, 0.15) is 0 Å². The standard InChI is InChI=1S/C8H9N3.ClH/c9-4-1-8(10)7-2-5-11-6-3-7;/h2-3,5-6,8H,1,10H2;1H/t8-;/m1./s1. The molecular weight excluding hydrogens is 174 g/mol. The lowest BCUT2D eigenvalue weighted by Gasteiger charge is -2.05. The van der Waals surface area contributed by atoms with Crippen LogP contribution in [0.3, 0.4) is 0 Å². The number of halogens is 1. The van der Waals surface area contributed by atoms with Crippen molar-refractivity contribution < 1.29 is 0 Å². The van der Waals surface area contributed by atoms with Gasteiger partial charge in [-0.3, -0.25) is 4.98 Å². The maximum atomic E-state index is 8.35. The van der Waals surface area contributed by atoms with Crippen LogP contribution in [-0.2, 0) is 0 Å². The molecule has 1 atom stereocenters. The Morgan fingerprint density at radius 1 is 1.50 bits per heavy atom. The number of rotatable bonds is 2. The van der Waals surface area contributed by atoms with Crippen molar-refractivity contribution >= 4 is 12.4 Å². The highest BCUT2D eigenvalue weighted by Gasteiger charge is 2.02. The number of nitriles is 1. The van der Waals surface area contributed by atoms with E-state index in [4.69, 9.17) is 11.0 Å². The number of nitrogens with zero attached hydrogens (tertiary/aromatic N) is 2. The summed E-state index contributed by atoms with van der Waals surface area (Å²) in [5.41, 5.74) is 6.62. The molecule has 1 rings (SSSR count). The number of aromatic nitrogens is 1. The highest BCUT2D eigenvalue weighted by molar-refractivity contribution is 5.85. The fourth-order valence-electron chi connectivity index (χ4n) is 0.827. The largest absolute Gasteiger partial charge is 0.323 e. The molecule has 1 aromatic rings. The van der Waals surface area contributed by atoms with Gasteiger partial charge in [0.25, 0.3) is 0 Å². The molecule has 0 aliphatic heterocycles. The molecule has 0 radical (unpaired) electrons. The summed E-state index contributed by atoms with van der Waals surface area (Å²) in [6.07, 6.45) is 3.70. The van der Waals surface area contributed by atoms with Gasteiger partial charge in [0.05, 0.1) is 12.5 Å². The molecule has 0 aliphatic rings. The summed E-state index contributed by atoms with van der Waals surface area (Å²) < 4.78 is 0. The Labute approximate surface area is 77.6 Å². The fraction of sp³-hybridized carbons (Fsp3) is 0.250. The van der Waals surface area contributed by atoms with Gasteiger partial charge in [-0.05, 0) is 17.7 Å². The summed E-state index contributed by atoms with van der Waals surface area (Å²) >= 11 is 0. The Kier molecular flexibility index (Phi) is 5.02. The van der Waals surface area contributed by atoms with Crippen molar-refractivity contribution in [3.63, 3.8) is 0 Å². The maximum Gasteiger partial charge on any atom is 0.0641 e. The molecule has 0 unspecified atom stereocenters. The molecule has 3 nitrogen and oxygen atoms in total. The number of nitrogens with two attached hydrogens (primary N) is 1. The van der Waals surface area contributed by atoms with Crippen molar-refractivity contribution in [3.05, 3.63) is 30.1 Å². The molecular formula is C8H10ClN3. The van der Waals surface area contributed by atoms with Crippen molar-refractivity contribution in [3.8, 4) is 6.07 Å². The maximum absolute atomic E-state index is 8.35. The first-order valence-corrected chi connectivity index (χ1v) is 3.37. The molecule has 1 aromatic heterocycles. The van der Waals surface area contributed by atoms with Crippen molar-refractivity contribution in [2.75, 3.05) is 0 Å². The van der Waals surface area contributed by atoms with Gasteiger partial charge >= 0.3 is 0 Å². The molecule has 0 aromatic carbocycles. The second-order valence-corrected chi connectivity index (χ2v) is 2.25. The van der Waals surface area contributed by atoms with E-state index >= 15 is 0 Å². The van der Waals surface area contributed by atoms with Crippen LogP contribution in [0.5, 0.6) is 0 Å². The molecule has 0 saturated carbocycles. The Hall–Kier alpha value is -1.11. The van der Waals surface area contributed by atoms with Gasteiger partial charge in [-0.25, -0.2) is 0 Å². The third-order valence-corrected chi connectivity index (χ3v) is 1.45. The zero-order valence-electron chi connectivity index (χ0n) is 6.47. The first kappa shape index (κ1) is 10.9. The topological polar surface area (TPSA) is 62.7 Å². The molecule has 0 spiro atoms. The van der Waals surface area contributed by atoms with E-state index in [-0.39, 0.29) is 18.4 Å². The summed E-state index contributed by atoms with van der Waals surface area (Å²) in [6.45, 7) is 0. The van der Waals surface area contributed by atoms with Crippen LogP contribution in [0.4, 0.5) is 0 Å². The van der Waals surface area contributed by atoms with E-state index in [1.165, 1.54) is 0 Å². The van der Waals surface area contributed by atoms with Gasteiger partial charge in [0.2, 0.25) is 0 Å². The normalized spacial score (nSPS) is 11.0. The minimum atomic E-state index is -0.178. The third-order valence-electron chi connectivity index (χ3n) is 1.45. The Balaban J connectivity index is 0.00000121. The van der Waals surface area contributed by atoms with Crippen LogP contribution in [0.25, 0.3) is 0 Å². The molecule has 0 aliphatic carbocycles. The van der Waals surface area contributed by atoms with Crippen molar-refractivity contribution in [1.29, 1.82) is 5.26 Å². The summed E-state index contributed by atoms with van der Waals surface area (Å²) in [5.74, 6) is 0. The first-order chi connectivity index (χ1) is 5.34. The zero-order valence-corrected chi connectivity index (χ0v) is 7.29. The Morgan fingerprint density at radius 3 is 2.58 bits per heavy atom. The van der Waals surface area contributed by atoms with Crippen LogP contribution in [-0.4, -0.2) is 4.98 Å². The van der Waals surface area contributed by atoms with Gasteiger partial charge in [0.15, 0.2) is 0 Å². The molecule has 64 valence electrons. The van der Waals surface area contributed by atoms with E-state index in [1.807, 2.05) is 18.2 Å². The second-order valence-electron chi connectivity index (χ2n) is 2.25. The van der Waals surface area contributed by atoms with Crippen LogP contribution in [0.15, 0.2) is 24.5 Å². The Morgan fingerprint density at radius 2 is 2.08 bits per heavy atom. The van der Waals surface area contributed by atoms with Gasteiger partial charge in [-0.15, -0.1) is 12.4 Å². The van der Waals surface area contributed by atoms with Gasteiger partial charge in [-0.1, -0.05) is 0 Å². The summed E-state index contributed by atoms with van der Waals surface area (Å²) in [5, 5.41) is 8.35. The molecule has 2 N–H and O–H groups in total. The lowest BCUT2D eigenvalue weighted by Crippen LogP contribution is -2.08. The highest BCUT2D eigenvalue weighted by atomic mass is 35.5. The summed E-state index contributed by atoms with van der Waals surface area (Å²) in [7, 11) is 0. The fourth-order valence-corrected chi connectivity index (χ4v) is 0.827. The van der Waals surface area contributed by atoms with Crippen LogP contribution < -0.4 is 5.73 Å². The molecule has 4 heteroatoms. The number of pyridine rings is 1. The average molecular weight is 184 g/mol. The van der Waals surface area contributed by atoms with Crippen molar-refractivity contribution in [2.24, 2.45) is 5.73 Å². The predicted octanol–water partition coefficient (Wildman–Crippen LogP) is 1.42. The second kappa shape index (κ2) is 5.53. The third kappa shape index (κ3) is 2.87. The predicted molar refractivity (Wildman–Crippen MR) is 48.6 cm³/mol. The van der Waals surface area contributed by atoms with Crippen molar-refractivity contribution in [1.82, 2.24) is 4.98 Å². The van der Waals surface area contributed by atoms with Gasteiger partial charge in [0, 0.05) is 18.4 Å². The smallest absolute Gasteiger partial charge is 0.0641 e. The van der Waals surface area contributed by atoms with Crippen LogP contribution in [0.2, 0.25) is 0 Å². The van der Waals surface area contributed by atoms with Gasteiger partial charge in [-0.2, -0.15) is 5.26 Å². The first-order valence-electron chi connectivity index (χ1n) is 3.37. The van der Waals surface area contributed by atoms with Crippen LogP contribution in [0, 0.1) is 11.3 Å². The van der Waals surface area contributed by atoms with E-state index in [2.05, 4.69) is 4.98 Å². The van der Waals surface area contributed by atoms with E-state index in [1.54, 1.807) is 12.4 Å². The summed E-state index contributed by atoms with van der Waals surface area (Å²) in [4.78, 5) is 3.85. The molecule has 1 heterocycles. The van der Waals surface area contributed by atoms with E-state index in [0.29, 0.717) is 6.42 Å². The molecule has 0 saturated heterocycles. The lowest BCUT2D eigenvalue weighted by atomic mass is 10.1. The van der Waals surface area contributed by atoms with E-state index < -0.39 is 0 Å². The van der Waals surface area contributed by atoms with Crippen LogP contribution >= 0.6 is 12.4 Å². The molecule has 0 bridgehead atoms. The van der Waals surface area contributed by atoms with Gasteiger partial charge < -0.3 is 5.73 Å². The lowest BCUT2D eigenvalue weighted by molar-refractivity contribution is 0.747. The highest BCUT2D eigenvalue weighted by Crippen LogP contribution is 2.10. The molecule has 12 heavy (non-hydrogen) atoms. The molecule has 0 fully saturated rings. The quantitative estimate of drug-likeness (QED) is 0.754. The minimum Gasteiger partial charge on any atom is -0.323 e. The average Bonchev–Trinajstić information content (AvgIpc) is 2.07. The number of hydrogen-bond donors (Lipinski definition) is 1. The molecule has 0 amide bonds. The van der Waals surface area contributed by atoms with E-state index in [9.17, 15) is 0 Å². The zero-order chi connectivity index (χ0) is 8.10. The summed E-state index contributed by atoms with van der Waals surface area (Å²) in [6, 6.07) is 5.49. The Bertz CT molecular complexity index is 255. The SMILES string of the molecule is Cl.N#CC[C@@H](N)c1ccncc1. The monoisotopic (exact) mass is 183 g/mol. The van der Waals surface area contributed by atoms with E-state index in [0.717, 1.165) is 5.56 Å². The minimum absolute atomic E-state index is 0. The van der Waals surface area contributed by atoms with Crippen molar-refractivity contribution in [2.45, 2.75) is 12.5 Å². The van der Waals surface area contributed by atoms with Crippen LogP contribution in [0.1, 0.15) is 18.0 Å². The number of hydrogen-bond acceptors (Lipinski definition) is 3.